The van der Waals surface area contributed by atoms with Gasteiger partial charge in [-0.1, -0.05) is 30.3 Å². The van der Waals surface area contributed by atoms with Crippen molar-refractivity contribution >= 4 is 29.1 Å². The van der Waals surface area contributed by atoms with Gasteiger partial charge in [0.1, 0.15) is 12.2 Å². The lowest BCUT2D eigenvalue weighted by atomic mass is 10.1. The quantitative estimate of drug-likeness (QED) is 0.306. The van der Waals surface area contributed by atoms with Gasteiger partial charge in [-0.3, -0.25) is 4.79 Å². The molecule has 4 aromatic rings. The molecule has 1 heterocycles. The molecule has 0 aliphatic heterocycles. The number of nitrogens with zero attached hydrogens (tertiary/aromatic N) is 1. The lowest BCUT2D eigenvalue weighted by Crippen LogP contribution is -2.16. The number of hydrogen-bond acceptors (Lipinski definition) is 6. The van der Waals surface area contributed by atoms with Gasteiger partial charge in [-0.05, 0) is 53.6 Å². The van der Waals surface area contributed by atoms with Crippen LogP contribution < -0.4 is 14.9 Å². The van der Waals surface area contributed by atoms with Crippen molar-refractivity contribution < 1.29 is 28.6 Å². The second kappa shape index (κ2) is 9.69. The Morgan fingerprint density at radius 1 is 1.03 bits per heavy atom. The van der Waals surface area contributed by atoms with E-state index in [4.69, 9.17) is 19.0 Å². The summed E-state index contributed by atoms with van der Waals surface area (Å²) >= 11 is 0. The zero-order valence-corrected chi connectivity index (χ0v) is 17.6. The Balaban J connectivity index is 1.39. The van der Waals surface area contributed by atoms with Crippen LogP contribution in [0.5, 0.6) is 11.5 Å². The van der Waals surface area contributed by atoms with Crippen molar-refractivity contribution in [2.45, 2.75) is 6.61 Å². The molecule has 166 valence electrons. The van der Waals surface area contributed by atoms with Gasteiger partial charge in [0.05, 0.1) is 18.9 Å². The maximum Gasteiger partial charge on any atom is 0.335 e. The van der Waals surface area contributed by atoms with E-state index < -0.39 is 11.9 Å². The van der Waals surface area contributed by atoms with Crippen LogP contribution in [0.4, 0.5) is 0 Å². The number of amides is 1. The molecule has 0 aliphatic rings. The Morgan fingerprint density at radius 3 is 2.67 bits per heavy atom. The van der Waals surface area contributed by atoms with Crippen molar-refractivity contribution in [3.8, 4) is 11.5 Å². The van der Waals surface area contributed by atoms with Crippen LogP contribution in [-0.2, 0) is 6.61 Å². The molecular formula is C25H20N2O6. The van der Waals surface area contributed by atoms with Crippen LogP contribution in [0.1, 0.15) is 32.0 Å². The average Bonchev–Trinajstić information content (AvgIpc) is 3.27. The maximum atomic E-state index is 12.3. The molecule has 33 heavy (non-hydrogen) atoms. The van der Waals surface area contributed by atoms with Crippen LogP contribution in [-0.4, -0.2) is 30.3 Å². The smallest absolute Gasteiger partial charge is 0.335 e. The third-order valence-corrected chi connectivity index (χ3v) is 4.78. The van der Waals surface area contributed by atoms with Crippen molar-refractivity contribution in [3.05, 3.63) is 95.2 Å². The highest BCUT2D eigenvalue weighted by molar-refractivity contribution is 5.96. The summed E-state index contributed by atoms with van der Waals surface area (Å²) in [5.74, 6) is -0.330. The number of benzene rings is 3. The van der Waals surface area contributed by atoms with Gasteiger partial charge >= 0.3 is 11.9 Å². The summed E-state index contributed by atoms with van der Waals surface area (Å²) in [6.45, 7) is 0.179. The Hall–Kier alpha value is -4.59. The molecule has 1 aromatic heterocycles. The van der Waals surface area contributed by atoms with Crippen LogP contribution in [0.25, 0.3) is 11.0 Å². The molecule has 0 saturated heterocycles. The van der Waals surface area contributed by atoms with Crippen LogP contribution in [0.15, 0.2) is 82.3 Å². The number of carboxylic acids is 1. The van der Waals surface area contributed by atoms with E-state index in [0.717, 1.165) is 10.9 Å². The summed E-state index contributed by atoms with van der Waals surface area (Å²) in [7, 11) is 1.51. The van der Waals surface area contributed by atoms with E-state index in [1.165, 1.54) is 19.4 Å². The molecular weight excluding hydrogens is 424 g/mol. The number of carbonyl (C=O) groups excluding carboxylic acids is 1. The molecule has 0 atom stereocenters. The lowest BCUT2D eigenvalue weighted by Gasteiger charge is -2.11. The highest BCUT2D eigenvalue weighted by Gasteiger charge is 2.11. The van der Waals surface area contributed by atoms with E-state index in [0.29, 0.717) is 22.6 Å². The first-order valence-electron chi connectivity index (χ1n) is 9.98. The number of carboxylic acid groups (broad SMARTS) is 1. The predicted molar refractivity (Wildman–Crippen MR) is 122 cm³/mol. The van der Waals surface area contributed by atoms with Gasteiger partial charge in [0, 0.05) is 5.39 Å². The molecule has 0 spiro atoms. The van der Waals surface area contributed by atoms with Crippen LogP contribution in [0.3, 0.4) is 0 Å². The largest absolute Gasteiger partial charge is 0.493 e. The number of fused-ring (bicyclic) bond motifs is 1. The van der Waals surface area contributed by atoms with Crippen molar-refractivity contribution in [3.63, 3.8) is 0 Å². The lowest BCUT2D eigenvalue weighted by molar-refractivity contribution is 0.0696. The molecule has 0 fully saturated rings. The van der Waals surface area contributed by atoms with Gasteiger partial charge in [-0.15, -0.1) is 0 Å². The highest BCUT2D eigenvalue weighted by atomic mass is 16.5. The standard InChI is InChI=1S/C25H20N2O6/c1-31-22-12-16(9-10-21(22)32-15-17-5-4-7-19(11-17)25(29)30)14-26-27-24(28)23-13-18-6-2-3-8-20(18)33-23/h2-14H,15H2,1H3,(H,27,28)(H,29,30)/b26-14+. The van der Waals surface area contributed by atoms with E-state index >= 15 is 0 Å². The monoisotopic (exact) mass is 444 g/mol. The maximum absolute atomic E-state index is 12.3. The molecule has 8 heteroatoms. The van der Waals surface area contributed by atoms with Crippen LogP contribution in [0, 0.1) is 0 Å². The fourth-order valence-electron chi connectivity index (χ4n) is 3.15. The van der Waals surface area contributed by atoms with Gasteiger partial charge in [0.25, 0.3) is 0 Å². The molecule has 0 unspecified atom stereocenters. The highest BCUT2D eigenvalue weighted by Crippen LogP contribution is 2.28. The van der Waals surface area contributed by atoms with E-state index in [1.54, 1.807) is 48.5 Å². The first-order valence-corrected chi connectivity index (χ1v) is 9.98. The van der Waals surface area contributed by atoms with Gasteiger partial charge < -0.3 is 19.0 Å². The zero-order chi connectivity index (χ0) is 23.2. The number of hydrogen-bond donors (Lipinski definition) is 2. The summed E-state index contributed by atoms with van der Waals surface area (Å²) in [6, 6.07) is 20.7. The molecule has 0 aliphatic carbocycles. The Labute approximate surface area is 189 Å². The van der Waals surface area contributed by atoms with Gasteiger partial charge in [0.2, 0.25) is 0 Å². The SMILES string of the molecule is COc1cc(/C=N/NC(=O)c2cc3ccccc3o2)ccc1OCc1cccc(C(=O)O)c1. The van der Waals surface area contributed by atoms with Gasteiger partial charge in [-0.25, -0.2) is 10.2 Å². The normalized spacial score (nSPS) is 10.9. The predicted octanol–water partition coefficient (Wildman–Crippen LogP) is 4.48. The number of carbonyl (C=O) groups is 2. The molecule has 4 rings (SSSR count). The molecule has 0 bridgehead atoms. The summed E-state index contributed by atoms with van der Waals surface area (Å²) in [6.07, 6.45) is 1.48. The third-order valence-electron chi connectivity index (χ3n) is 4.78. The third kappa shape index (κ3) is 5.19. The van der Waals surface area contributed by atoms with Crippen LogP contribution in [0.2, 0.25) is 0 Å². The van der Waals surface area contributed by atoms with Crippen molar-refractivity contribution in [1.82, 2.24) is 5.43 Å². The van der Waals surface area contributed by atoms with Crippen LogP contribution >= 0.6 is 0 Å². The summed E-state index contributed by atoms with van der Waals surface area (Å²) in [5.41, 5.74) is 4.65. The molecule has 0 radical (unpaired) electrons. The minimum Gasteiger partial charge on any atom is -0.493 e. The zero-order valence-electron chi connectivity index (χ0n) is 17.6. The Kier molecular flexibility index (Phi) is 6.36. The summed E-state index contributed by atoms with van der Waals surface area (Å²) in [4.78, 5) is 23.4. The van der Waals surface area contributed by atoms with E-state index in [2.05, 4.69) is 10.5 Å². The first-order chi connectivity index (χ1) is 16.0. The molecule has 1 amide bonds. The number of methoxy groups -OCH3 is 1. The summed E-state index contributed by atoms with van der Waals surface area (Å²) < 4.78 is 16.7. The molecule has 8 nitrogen and oxygen atoms in total. The number of aromatic carboxylic acids is 1. The molecule has 2 N–H and O–H groups in total. The van der Waals surface area contributed by atoms with E-state index in [-0.39, 0.29) is 17.9 Å². The Bertz CT molecular complexity index is 1310. The number of nitrogens with one attached hydrogen (secondary N) is 1. The van der Waals surface area contributed by atoms with Crippen molar-refractivity contribution in [2.75, 3.05) is 7.11 Å². The van der Waals surface area contributed by atoms with E-state index in [9.17, 15) is 9.59 Å². The summed E-state index contributed by atoms with van der Waals surface area (Å²) in [5, 5.41) is 13.9. The number of ether oxygens (including phenoxy) is 2. The second-order valence-corrected chi connectivity index (χ2v) is 7.05. The van der Waals surface area contributed by atoms with Crippen molar-refractivity contribution in [1.29, 1.82) is 0 Å². The topological polar surface area (TPSA) is 110 Å². The average molecular weight is 444 g/mol. The van der Waals surface area contributed by atoms with Gasteiger partial charge in [0.15, 0.2) is 17.3 Å². The number of para-hydroxylation sites is 1. The number of furan rings is 1. The first kappa shape index (κ1) is 21.6. The van der Waals surface area contributed by atoms with Gasteiger partial charge in [-0.2, -0.15) is 5.10 Å². The van der Waals surface area contributed by atoms with Crippen molar-refractivity contribution in [2.24, 2.45) is 5.10 Å². The molecule has 0 saturated carbocycles. The minimum atomic E-state index is -0.995. The minimum absolute atomic E-state index is 0.168. The fourth-order valence-corrected chi connectivity index (χ4v) is 3.15. The van der Waals surface area contributed by atoms with E-state index in [1.807, 2.05) is 18.2 Å². The fraction of sp³-hybridized carbons (Fsp3) is 0.0800. The molecule has 3 aromatic carbocycles. The number of hydrazone groups is 1. The second-order valence-electron chi connectivity index (χ2n) is 7.05. The Morgan fingerprint density at radius 2 is 1.88 bits per heavy atom. The number of rotatable bonds is 8.